The lowest BCUT2D eigenvalue weighted by Gasteiger charge is -2.21. The lowest BCUT2D eigenvalue weighted by molar-refractivity contribution is -0.435. The molecule has 2 heterocycles. The van der Waals surface area contributed by atoms with Crippen LogP contribution in [0.25, 0.3) is 0 Å². The Balaban J connectivity index is 0.00000363. The normalized spacial score (nSPS) is 14.3. The van der Waals surface area contributed by atoms with Gasteiger partial charge in [0.15, 0.2) is 6.61 Å². The number of ether oxygens (including phenoxy) is 1. The highest BCUT2D eigenvalue weighted by atomic mass is 35.5. The number of rotatable bonds is 10. The van der Waals surface area contributed by atoms with Crippen LogP contribution in [0.4, 0.5) is 4.79 Å². The number of nitrogens with one attached hydrogen (secondary N) is 1. The first-order chi connectivity index (χ1) is 15.0. The van der Waals surface area contributed by atoms with Crippen LogP contribution in [0.2, 0.25) is 0 Å². The van der Waals surface area contributed by atoms with Crippen LogP contribution in [-0.4, -0.2) is 77.5 Å². The van der Waals surface area contributed by atoms with Gasteiger partial charge < -0.3 is 15.8 Å². The van der Waals surface area contributed by atoms with E-state index < -0.39 is 5.91 Å². The molecule has 0 atom stereocenters. The van der Waals surface area contributed by atoms with E-state index in [9.17, 15) is 14.4 Å². The third kappa shape index (κ3) is 6.99. The Morgan fingerprint density at radius 3 is 2.35 bits per heavy atom. The molecule has 3 rings (SSSR count). The van der Waals surface area contributed by atoms with Crippen LogP contribution < -0.4 is 15.8 Å². The molecule has 0 bridgehead atoms. The van der Waals surface area contributed by atoms with Gasteiger partial charge in [-0.05, 0) is 37.1 Å². The summed E-state index contributed by atoms with van der Waals surface area (Å²) in [5.74, 6) is 0.499. The van der Waals surface area contributed by atoms with Gasteiger partial charge in [0, 0.05) is 18.7 Å². The van der Waals surface area contributed by atoms with Crippen LogP contribution in [-0.2, 0) is 9.59 Å². The summed E-state index contributed by atoms with van der Waals surface area (Å²) in [6.07, 6.45) is 1.39. The molecule has 2 aliphatic heterocycles. The van der Waals surface area contributed by atoms with E-state index in [2.05, 4.69) is 15.3 Å². The van der Waals surface area contributed by atoms with Crippen molar-refractivity contribution in [1.82, 2.24) is 10.2 Å². The van der Waals surface area contributed by atoms with Crippen molar-refractivity contribution in [2.75, 3.05) is 32.8 Å². The molecule has 0 aliphatic carbocycles. The molecule has 4 amide bonds. The van der Waals surface area contributed by atoms with E-state index in [1.807, 2.05) is 13.8 Å². The van der Waals surface area contributed by atoms with Gasteiger partial charge in [-0.1, -0.05) is 18.8 Å². The molecule has 0 saturated carbocycles. The van der Waals surface area contributed by atoms with Gasteiger partial charge in [0.2, 0.25) is 11.5 Å². The fourth-order valence-electron chi connectivity index (χ4n) is 3.20. The van der Waals surface area contributed by atoms with Crippen LogP contribution >= 0.6 is 37.2 Å². The van der Waals surface area contributed by atoms with Gasteiger partial charge in [-0.15, -0.1) is 37.2 Å². The molecule has 0 fully saturated rings. The third-order valence-corrected chi connectivity index (χ3v) is 4.65. The number of nitrogens with zero attached hydrogens (tertiary/aromatic N) is 4. The summed E-state index contributed by atoms with van der Waals surface area (Å²) < 4.78 is 6.96. The first-order valence-corrected chi connectivity index (χ1v) is 10.4. The zero-order chi connectivity index (χ0) is 22.4. The minimum atomic E-state index is -0.420. The molecular weight excluding hydrogens is 507 g/mol. The van der Waals surface area contributed by atoms with Crippen LogP contribution in [0.3, 0.4) is 0 Å². The number of fused-ring (bicyclic) bond motifs is 1. The molecule has 13 heteroatoms. The van der Waals surface area contributed by atoms with Crippen molar-refractivity contribution in [2.24, 2.45) is 15.7 Å². The van der Waals surface area contributed by atoms with E-state index in [0.29, 0.717) is 55.6 Å². The third-order valence-electron chi connectivity index (χ3n) is 4.65. The van der Waals surface area contributed by atoms with E-state index in [0.717, 1.165) is 6.42 Å². The zero-order valence-corrected chi connectivity index (χ0v) is 21.4. The molecule has 34 heavy (non-hydrogen) atoms. The van der Waals surface area contributed by atoms with Crippen molar-refractivity contribution >= 4 is 72.4 Å². The predicted molar refractivity (Wildman–Crippen MR) is 138 cm³/mol. The maximum Gasteiger partial charge on any atom is 0.446 e. The second-order valence-corrected chi connectivity index (χ2v) is 7.06. The van der Waals surface area contributed by atoms with Crippen molar-refractivity contribution in [3.8, 4) is 5.75 Å². The lowest BCUT2D eigenvalue weighted by Crippen LogP contribution is -2.54. The van der Waals surface area contributed by atoms with Crippen molar-refractivity contribution in [1.29, 1.82) is 0 Å². The van der Waals surface area contributed by atoms with Crippen molar-refractivity contribution in [2.45, 2.75) is 26.7 Å². The average molecular weight is 537 g/mol. The average Bonchev–Trinajstić information content (AvgIpc) is 3.22. The van der Waals surface area contributed by atoms with E-state index >= 15 is 0 Å². The van der Waals surface area contributed by atoms with Crippen molar-refractivity contribution in [3.63, 3.8) is 0 Å². The van der Waals surface area contributed by atoms with Crippen molar-refractivity contribution < 1.29 is 23.7 Å². The smallest absolute Gasteiger partial charge is 0.446 e. The van der Waals surface area contributed by atoms with Gasteiger partial charge in [0.25, 0.3) is 5.91 Å². The molecule has 2 aliphatic rings. The van der Waals surface area contributed by atoms with Gasteiger partial charge in [0.1, 0.15) is 5.75 Å². The fourth-order valence-corrected chi connectivity index (χ4v) is 3.20. The lowest BCUT2D eigenvalue weighted by atomic mass is 10.2. The highest BCUT2D eigenvalue weighted by molar-refractivity contribution is 6.70. The summed E-state index contributed by atoms with van der Waals surface area (Å²) >= 11 is 0. The molecule has 1 aromatic rings. The van der Waals surface area contributed by atoms with Crippen LogP contribution in [0.15, 0.2) is 34.3 Å². The number of hydrogen-bond acceptors (Lipinski definition) is 7. The number of nitrogens with two attached hydrogens (primary N) is 1. The molecule has 1 aromatic carbocycles. The molecular formula is C21H30Cl3N6O4+. The quantitative estimate of drug-likeness (QED) is 0.441. The number of hydrogen-bond donors (Lipinski definition) is 2. The number of imide groups is 1. The monoisotopic (exact) mass is 535 g/mol. The van der Waals surface area contributed by atoms with E-state index in [1.165, 1.54) is 9.48 Å². The number of carbonyl (C=O) groups is 3. The Bertz CT molecular complexity index is 979. The highest BCUT2D eigenvalue weighted by Crippen LogP contribution is 2.19. The SMILES string of the molecule is CCCN1C(=O)C2=NC(c3ccc(OCC(=O)NCCN)cc3)=NC2=[N+](CCC)C1=O.Cl.Cl.Cl. The van der Waals surface area contributed by atoms with Crippen LogP contribution in [0.5, 0.6) is 5.75 Å². The molecule has 188 valence electrons. The van der Waals surface area contributed by atoms with Crippen LogP contribution in [0, 0.1) is 0 Å². The zero-order valence-electron chi connectivity index (χ0n) is 19.0. The summed E-state index contributed by atoms with van der Waals surface area (Å²) in [6, 6.07) is 6.52. The van der Waals surface area contributed by atoms with E-state index in [1.54, 1.807) is 24.3 Å². The standard InChI is InChI=1S/C21H26N6O4.3ClH/c1-3-11-26-19-17(20(29)27(12-4-2)21(26)30)24-18(25-19)14-5-7-15(8-6-14)31-13-16(28)23-10-9-22;;;/h5-8H,3-4,9-13,22H2,1-2H3;3*1H/p+1. The predicted octanol–water partition coefficient (Wildman–Crippen LogP) is 1.80. The Labute approximate surface area is 216 Å². The Morgan fingerprint density at radius 2 is 1.76 bits per heavy atom. The molecule has 3 N–H and O–H groups in total. The number of carbonyl (C=O) groups excluding carboxylic acids is 3. The minimum Gasteiger partial charge on any atom is -0.484 e. The summed E-state index contributed by atoms with van der Waals surface area (Å²) in [5.41, 5.74) is 6.21. The minimum absolute atomic E-state index is 0. The molecule has 0 spiro atoms. The Hall–Kier alpha value is -2.53. The highest BCUT2D eigenvalue weighted by Gasteiger charge is 2.47. The number of benzene rings is 1. The maximum atomic E-state index is 12.8. The van der Waals surface area contributed by atoms with Crippen molar-refractivity contribution in [3.05, 3.63) is 29.8 Å². The molecule has 10 nitrogen and oxygen atoms in total. The van der Waals surface area contributed by atoms with E-state index in [-0.39, 0.29) is 61.5 Å². The topological polar surface area (TPSA) is 129 Å². The Morgan fingerprint density at radius 1 is 1.09 bits per heavy atom. The first kappa shape index (κ1) is 31.5. The summed E-state index contributed by atoms with van der Waals surface area (Å²) in [5, 5.41) is 2.63. The first-order valence-electron chi connectivity index (χ1n) is 10.4. The maximum absolute atomic E-state index is 12.8. The second kappa shape index (κ2) is 14.7. The second-order valence-electron chi connectivity index (χ2n) is 7.06. The fraction of sp³-hybridized carbons (Fsp3) is 0.429. The van der Waals surface area contributed by atoms with Crippen LogP contribution in [0.1, 0.15) is 32.3 Å². The van der Waals surface area contributed by atoms with Gasteiger partial charge in [-0.3, -0.25) is 4.79 Å². The largest absolute Gasteiger partial charge is 0.484 e. The van der Waals surface area contributed by atoms with Gasteiger partial charge in [0.05, 0.1) is 13.1 Å². The van der Waals surface area contributed by atoms with Gasteiger partial charge in [-0.2, -0.15) is 14.5 Å². The number of amidine groups is 2. The summed E-state index contributed by atoms with van der Waals surface area (Å²) in [4.78, 5) is 47.3. The molecule has 0 unspecified atom stereocenters. The summed E-state index contributed by atoms with van der Waals surface area (Å²) in [6.45, 7) is 5.31. The molecule has 0 aromatic heterocycles. The molecule has 0 radical (unpaired) electrons. The number of urea groups is 1. The Kier molecular flexibility index (Phi) is 13.6. The number of aliphatic imine (C=N–C) groups is 2. The van der Waals surface area contributed by atoms with Gasteiger partial charge in [-0.25, -0.2) is 9.59 Å². The number of halogens is 3. The van der Waals surface area contributed by atoms with Gasteiger partial charge >= 0.3 is 17.8 Å². The van der Waals surface area contributed by atoms with E-state index in [4.69, 9.17) is 10.5 Å². The summed E-state index contributed by atoms with van der Waals surface area (Å²) in [7, 11) is 0. The molecule has 0 saturated heterocycles. The number of amides is 4.